The van der Waals surface area contributed by atoms with Crippen molar-refractivity contribution in [2.24, 2.45) is 7.05 Å². The zero-order chi connectivity index (χ0) is 16.4. The van der Waals surface area contributed by atoms with Gasteiger partial charge in [0, 0.05) is 29.8 Å². The molecule has 4 aromatic rings. The third kappa shape index (κ3) is 2.94. The molecule has 2 aromatic carbocycles. The Kier molecular flexibility index (Phi) is 3.63. The van der Waals surface area contributed by atoms with E-state index in [1.807, 2.05) is 89.4 Å². The number of nitrogens with one attached hydrogen (secondary N) is 1. The second-order valence-corrected chi connectivity index (χ2v) is 5.59. The minimum Gasteiger partial charge on any atom is -0.458 e. The van der Waals surface area contributed by atoms with Crippen LogP contribution in [0.3, 0.4) is 0 Å². The number of hydrogen-bond donors (Lipinski definition) is 1. The number of rotatable bonds is 4. The zero-order valence-corrected chi connectivity index (χ0v) is 13.3. The molecule has 0 atom stereocenters. The molecule has 24 heavy (non-hydrogen) atoms. The predicted octanol–water partition coefficient (Wildman–Crippen LogP) is 3.89. The number of aryl methyl sites for hydroxylation is 1. The number of imidazole rings is 1. The molecule has 118 valence electrons. The molecule has 0 aliphatic carbocycles. The predicted molar refractivity (Wildman–Crippen MR) is 92.1 cm³/mol. The lowest BCUT2D eigenvalue weighted by molar-refractivity contribution is -0.674. The molecule has 0 unspecified atom stereocenters. The number of H-pyrrole nitrogens is 1. The van der Waals surface area contributed by atoms with Gasteiger partial charge in [0.2, 0.25) is 6.33 Å². The number of nitrogens with zero attached hydrogens (tertiary/aromatic N) is 2. The Morgan fingerprint density at radius 2 is 1.83 bits per heavy atom. The largest absolute Gasteiger partial charge is 0.458 e. The van der Waals surface area contributed by atoms with E-state index in [0.717, 1.165) is 28.4 Å². The Morgan fingerprint density at radius 3 is 2.58 bits per heavy atom. The van der Waals surface area contributed by atoms with Crippen molar-refractivity contribution in [2.75, 3.05) is 0 Å². The molecule has 0 saturated carbocycles. The molecule has 0 bridgehead atoms. The Labute approximate surface area is 140 Å². The summed E-state index contributed by atoms with van der Waals surface area (Å²) in [6.07, 6.45) is 9.02. The molecule has 0 spiro atoms. The highest BCUT2D eigenvalue weighted by Gasteiger charge is 2.04. The van der Waals surface area contributed by atoms with Crippen LogP contribution in [0.25, 0.3) is 16.9 Å². The van der Waals surface area contributed by atoms with Crippen molar-refractivity contribution in [1.82, 2.24) is 9.55 Å². The highest BCUT2D eigenvalue weighted by molar-refractivity contribution is 5.61. The number of aromatic nitrogens is 3. The van der Waals surface area contributed by atoms with Crippen molar-refractivity contribution in [1.29, 1.82) is 0 Å². The molecule has 0 fully saturated rings. The van der Waals surface area contributed by atoms with E-state index in [9.17, 15) is 0 Å². The van der Waals surface area contributed by atoms with Crippen molar-refractivity contribution in [2.45, 2.75) is 0 Å². The summed E-state index contributed by atoms with van der Waals surface area (Å²) in [4.78, 5) is 3.21. The molecule has 0 amide bonds. The van der Waals surface area contributed by atoms with E-state index in [2.05, 4.69) is 17.4 Å². The van der Waals surface area contributed by atoms with Gasteiger partial charge in [-0.2, -0.15) is 0 Å². The first-order chi connectivity index (χ1) is 11.8. The fourth-order valence-electron chi connectivity index (χ4n) is 2.62. The van der Waals surface area contributed by atoms with Crippen LogP contribution in [0, 0.1) is 6.33 Å². The van der Waals surface area contributed by atoms with Crippen LogP contribution in [0.4, 0.5) is 0 Å². The van der Waals surface area contributed by atoms with E-state index < -0.39 is 0 Å². The summed E-state index contributed by atoms with van der Waals surface area (Å²) >= 11 is 0. The van der Waals surface area contributed by atoms with Crippen molar-refractivity contribution in [3.05, 3.63) is 85.6 Å². The van der Waals surface area contributed by atoms with Crippen molar-refractivity contribution < 1.29 is 9.30 Å². The molecule has 4 rings (SSSR count). The van der Waals surface area contributed by atoms with E-state index in [0.29, 0.717) is 0 Å². The Bertz CT molecular complexity index is 954. The first kappa shape index (κ1) is 14.3. The maximum atomic E-state index is 6.04. The molecular weight excluding hydrogens is 298 g/mol. The van der Waals surface area contributed by atoms with E-state index in [4.69, 9.17) is 4.74 Å². The average molecular weight is 315 g/mol. The van der Waals surface area contributed by atoms with Gasteiger partial charge in [-0.25, -0.2) is 0 Å². The Morgan fingerprint density at radius 1 is 1.00 bits per heavy atom. The topological polar surface area (TPSA) is 33.8 Å². The third-order valence-electron chi connectivity index (χ3n) is 3.78. The molecular formula is C20H17N3O. The molecule has 2 heterocycles. The van der Waals surface area contributed by atoms with E-state index in [-0.39, 0.29) is 0 Å². The van der Waals surface area contributed by atoms with Crippen molar-refractivity contribution in [3.8, 4) is 28.4 Å². The van der Waals surface area contributed by atoms with Gasteiger partial charge in [-0.1, -0.05) is 24.3 Å². The van der Waals surface area contributed by atoms with E-state index >= 15 is 0 Å². The van der Waals surface area contributed by atoms with Gasteiger partial charge in [-0.15, -0.1) is 0 Å². The number of ether oxygens (including phenoxy) is 1. The number of hydrogen-bond acceptors (Lipinski definition) is 1. The molecule has 4 heteroatoms. The maximum Gasteiger partial charge on any atom is 0.243 e. The molecule has 0 aliphatic heterocycles. The first-order valence-corrected chi connectivity index (χ1v) is 7.76. The summed E-state index contributed by atoms with van der Waals surface area (Å²) in [5, 5.41) is 0. The number of benzene rings is 2. The molecule has 2 aromatic heterocycles. The van der Waals surface area contributed by atoms with Crippen LogP contribution in [-0.2, 0) is 7.05 Å². The Hall–Kier alpha value is -3.27. The van der Waals surface area contributed by atoms with Gasteiger partial charge in [-0.05, 0) is 36.4 Å². The lowest BCUT2D eigenvalue weighted by Crippen LogP contribution is -2.24. The van der Waals surface area contributed by atoms with E-state index in [1.54, 1.807) is 0 Å². The van der Waals surface area contributed by atoms with Crippen LogP contribution in [-0.4, -0.2) is 9.55 Å². The lowest BCUT2D eigenvalue weighted by atomic mass is 10.1. The van der Waals surface area contributed by atoms with Crippen molar-refractivity contribution in [3.63, 3.8) is 0 Å². The quantitative estimate of drug-likeness (QED) is 0.450. The van der Waals surface area contributed by atoms with Gasteiger partial charge in [0.05, 0.1) is 12.7 Å². The standard InChI is InChI=1S/C20H17N3O/c1-22-11-12-23(15-22)17-6-3-8-19(14-17)24-18-7-2-5-16(13-18)20-9-4-10-21-20/h2-14,21H,1H3. The summed E-state index contributed by atoms with van der Waals surface area (Å²) in [5.74, 6) is 1.60. The van der Waals surface area contributed by atoms with Gasteiger partial charge in [0.25, 0.3) is 0 Å². The summed E-state index contributed by atoms with van der Waals surface area (Å²) in [6, 6.07) is 20.0. The minimum atomic E-state index is 0.792. The van der Waals surface area contributed by atoms with Gasteiger partial charge in [-0.3, -0.25) is 0 Å². The lowest BCUT2D eigenvalue weighted by Gasteiger charge is -2.09. The third-order valence-corrected chi connectivity index (χ3v) is 3.78. The average Bonchev–Trinajstić information content (AvgIpc) is 3.27. The van der Waals surface area contributed by atoms with Crippen LogP contribution in [0.15, 0.2) is 79.3 Å². The molecule has 0 radical (unpaired) electrons. The summed E-state index contributed by atoms with van der Waals surface area (Å²) in [7, 11) is 1.95. The summed E-state index contributed by atoms with van der Waals surface area (Å²) in [5.41, 5.74) is 3.18. The maximum absolute atomic E-state index is 6.04. The highest BCUT2D eigenvalue weighted by atomic mass is 16.5. The smallest absolute Gasteiger partial charge is 0.243 e. The van der Waals surface area contributed by atoms with Crippen LogP contribution >= 0.6 is 0 Å². The summed E-state index contributed by atoms with van der Waals surface area (Å²) in [6.45, 7) is 0. The second kappa shape index (κ2) is 6.08. The van der Waals surface area contributed by atoms with Gasteiger partial charge >= 0.3 is 0 Å². The zero-order valence-electron chi connectivity index (χ0n) is 13.3. The van der Waals surface area contributed by atoms with Gasteiger partial charge < -0.3 is 18.9 Å². The highest BCUT2D eigenvalue weighted by Crippen LogP contribution is 2.27. The van der Waals surface area contributed by atoms with Crippen LogP contribution in [0.5, 0.6) is 11.5 Å². The van der Waals surface area contributed by atoms with Crippen molar-refractivity contribution >= 4 is 0 Å². The van der Waals surface area contributed by atoms with Gasteiger partial charge in [0.15, 0.2) is 0 Å². The van der Waals surface area contributed by atoms with Crippen LogP contribution in [0.1, 0.15) is 0 Å². The normalized spacial score (nSPS) is 10.7. The molecule has 4 nitrogen and oxygen atoms in total. The Balaban J connectivity index is 1.61. The summed E-state index contributed by atoms with van der Waals surface area (Å²) < 4.78 is 9.85. The number of aromatic amines is 1. The minimum absolute atomic E-state index is 0.792. The van der Waals surface area contributed by atoms with Crippen LogP contribution < -0.4 is 9.30 Å². The SMILES string of the molecule is C[n+]1[c-]n(-c2cccc(Oc3cccc(-c4ccc[nH]4)c3)c2)cc1. The second-order valence-electron chi connectivity index (χ2n) is 5.59. The van der Waals surface area contributed by atoms with E-state index in [1.165, 1.54) is 0 Å². The van der Waals surface area contributed by atoms with Gasteiger partial charge in [0.1, 0.15) is 11.5 Å². The molecule has 1 N–H and O–H groups in total. The monoisotopic (exact) mass is 315 g/mol. The first-order valence-electron chi connectivity index (χ1n) is 7.76. The fourth-order valence-corrected chi connectivity index (χ4v) is 2.62. The molecule has 0 saturated heterocycles. The fraction of sp³-hybridized carbons (Fsp3) is 0.0500. The molecule has 0 aliphatic rings. The van der Waals surface area contributed by atoms with Crippen LogP contribution in [0.2, 0.25) is 0 Å².